The van der Waals surface area contributed by atoms with Gasteiger partial charge in [-0.25, -0.2) is 0 Å². The molecule has 2 heterocycles. The molecular formula is C20H26N2O4S. The van der Waals surface area contributed by atoms with Crippen LogP contribution < -0.4 is 14.8 Å². The molecule has 1 saturated carbocycles. The lowest BCUT2D eigenvalue weighted by Crippen LogP contribution is -2.54. The van der Waals surface area contributed by atoms with E-state index in [-0.39, 0.29) is 28.0 Å². The summed E-state index contributed by atoms with van der Waals surface area (Å²) in [4.78, 5) is 28.3. The maximum Gasteiger partial charge on any atom is 0.260 e. The van der Waals surface area contributed by atoms with E-state index in [1.165, 1.54) is 7.11 Å². The van der Waals surface area contributed by atoms with Gasteiger partial charge in [0.1, 0.15) is 11.4 Å². The summed E-state index contributed by atoms with van der Waals surface area (Å²) in [5, 5.41) is 3.01. The van der Waals surface area contributed by atoms with Crippen LogP contribution in [0.4, 0.5) is 0 Å². The molecule has 0 spiro atoms. The van der Waals surface area contributed by atoms with Gasteiger partial charge >= 0.3 is 0 Å². The van der Waals surface area contributed by atoms with Crippen LogP contribution in [0.2, 0.25) is 0 Å². The van der Waals surface area contributed by atoms with E-state index in [1.54, 1.807) is 23.8 Å². The number of benzene rings is 1. The van der Waals surface area contributed by atoms with Crippen molar-refractivity contribution in [2.24, 2.45) is 0 Å². The molecule has 2 aliphatic heterocycles. The topological polar surface area (TPSA) is 67.9 Å². The highest BCUT2D eigenvalue weighted by atomic mass is 32.2. The number of fused-ring (bicyclic) bond motifs is 3. The number of carbonyl (C=O) groups is 2. The fraction of sp³-hybridized carbons (Fsp3) is 0.600. The predicted molar refractivity (Wildman–Crippen MR) is 104 cm³/mol. The Hall–Kier alpha value is -1.89. The molecular weight excluding hydrogens is 364 g/mol. The molecule has 3 aliphatic rings. The van der Waals surface area contributed by atoms with Crippen molar-refractivity contribution < 1.29 is 19.1 Å². The van der Waals surface area contributed by atoms with Gasteiger partial charge in [-0.3, -0.25) is 9.59 Å². The van der Waals surface area contributed by atoms with Crippen LogP contribution in [0.1, 0.15) is 60.8 Å². The van der Waals surface area contributed by atoms with E-state index < -0.39 is 6.04 Å². The van der Waals surface area contributed by atoms with Gasteiger partial charge in [-0.1, -0.05) is 18.9 Å². The number of nitrogens with one attached hydrogen (secondary N) is 1. The van der Waals surface area contributed by atoms with E-state index in [4.69, 9.17) is 9.47 Å². The predicted octanol–water partition coefficient (Wildman–Crippen LogP) is 3.11. The van der Waals surface area contributed by atoms with Gasteiger partial charge in [0.05, 0.1) is 19.8 Å². The van der Waals surface area contributed by atoms with Crippen LogP contribution in [0, 0.1) is 0 Å². The number of hydrogen-bond acceptors (Lipinski definition) is 5. The van der Waals surface area contributed by atoms with Crippen molar-refractivity contribution in [1.82, 2.24) is 10.2 Å². The average Bonchev–Trinajstić information content (AvgIpc) is 3.30. The largest absolute Gasteiger partial charge is 0.493 e. The van der Waals surface area contributed by atoms with Crippen molar-refractivity contribution in [3.05, 3.63) is 23.3 Å². The van der Waals surface area contributed by atoms with E-state index in [0.29, 0.717) is 17.1 Å². The molecule has 146 valence electrons. The summed E-state index contributed by atoms with van der Waals surface area (Å²) in [5.41, 5.74) is 1.41. The van der Waals surface area contributed by atoms with Gasteiger partial charge in [-0.05, 0) is 32.8 Å². The zero-order valence-corrected chi connectivity index (χ0v) is 17.0. The van der Waals surface area contributed by atoms with Crippen LogP contribution in [0.15, 0.2) is 12.1 Å². The Morgan fingerprint density at radius 2 is 1.93 bits per heavy atom. The summed E-state index contributed by atoms with van der Waals surface area (Å²) in [6, 6.07) is 3.46. The van der Waals surface area contributed by atoms with Gasteiger partial charge in [-0.2, -0.15) is 0 Å². The molecule has 6 nitrogen and oxygen atoms in total. The minimum Gasteiger partial charge on any atom is -0.493 e. The Morgan fingerprint density at radius 1 is 1.22 bits per heavy atom. The summed E-state index contributed by atoms with van der Waals surface area (Å²) < 4.78 is 10.5. The van der Waals surface area contributed by atoms with Crippen LogP contribution in [0.5, 0.6) is 11.5 Å². The van der Waals surface area contributed by atoms with E-state index in [2.05, 4.69) is 5.32 Å². The molecule has 2 fully saturated rings. The number of thioether (sulfide) groups is 1. The number of methoxy groups -OCH3 is 2. The van der Waals surface area contributed by atoms with Crippen LogP contribution in [-0.2, 0) is 4.79 Å². The standard InChI is InChI=1S/C20H26N2O4S/c1-20(2)16(17(23)21-11-7-5-6-8-11)22-18(24)14-12(19(22)27-20)9-10-13(25-3)15(14)26-4/h9-11,16,19H,5-8H2,1-4H3,(H,21,23)/t16-,19?/m1/s1. The first-order chi connectivity index (χ1) is 12.9. The van der Waals surface area contributed by atoms with Crippen LogP contribution in [0.25, 0.3) is 0 Å². The third-order valence-corrected chi connectivity index (χ3v) is 7.38. The van der Waals surface area contributed by atoms with E-state index in [9.17, 15) is 9.59 Å². The number of amides is 2. The minimum atomic E-state index is -0.510. The first-order valence-corrected chi connectivity index (χ1v) is 10.3. The van der Waals surface area contributed by atoms with Gasteiger partial charge < -0.3 is 19.7 Å². The third kappa shape index (κ3) is 2.78. The van der Waals surface area contributed by atoms with Crippen molar-refractivity contribution in [3.8, 4) is 11.5 Å². The van der Waals surface area contributed by atoms with E-state index in [1.807, 2.05) is 26.0 Å². The summed E-state index contributed by atoms with van der Waals surface area (Å²) in [7, 11) is 3.09. The molecule has 1 N–H and O–H groups in total. The van der Waals surface area contributed by atoms with Crippen LogP contribution >= 0.6 is 11.8 Å². The first-order valence-electron chi connectivity index (χ1n) is 9.44. The van der Waals surface area contributed by atoms with Crippen LogP contribution in [0.3, 0.4) is 0 Å². The van der Waals surface area contributed by atoms with Gasteiger partial charge in [0.15, 0.2) is 11.5 Å². The van der Waals surface area contributed by atoms with Crippen molar-refractivity contribution in [3.63, 3.8) is 0 Å². The Kier molecular flexibility index (Phi) is 4.53. The second-order valence-electron chi connectivity index (χ2n) is 7.94. The van der Waals surface area contributed by atoms with Crippen molar-refractivity contribution >= 4 is 23.6 Å². The normalized spacial score (nSPS) is 26.1. The highest BCUT2D eigenvalue weighted by molar-refractivity contribution is 8.01. The Balaban J connectivity index is 1.70. The van der Waals surface area contributed by atoms with Gasteiger partial charge in [0.25, 0.3) is 5.91 Å². The van der Waals surface area contributed by atoms with Crippen molar-refractivity contribution in [1.29, 1.82) is 0 Å². The second kappa shape index (κ2) is 6.62. The fourth-order valence-electron chi connectivity index (χ4n) is 4.61. The molecule has 7 heteroatoms. The summed E-state index contributed by atoms with van der Waals surface area (Å²) in [6.45, 7) is 4.09. The van der Waals surface area contributed by atoms with E-state index in [0.717, 1.165) is 31.2 Å². The summed E-state index contributed by atoms with van der Waals surface area (Å²) >= 11 is 1.66. The number of hydrogen-bond donors (Lipinski definition) is 1. The molecule has 2 amide bonds. The molecule has 1 saturated heterocycles. The molecule has 0 bridgehead atoms. The smallest absolute Gasteiger partial charge is 0.260 e. The summed E-state index contributed by atoms with van der Waals surface area (Å²) in [6.07, 6.45) is 4.35. The zero-order chi connectivity index (χ0) is 19.3. The van der Waals surface area contributed by atoms with E-state index >= 15 is 0 Å². The summed E-state index contributed by atoms with van der Waals surface area (Å²) in [5.74, 6) is 0.772. The maximum atomic E-state index is 13.4. The molecule has 1 aromatic rings. The minimum absolute atomic E-state index is 0.0472. The molecule has 0 radical (unpaired) electrons. The first kappa shape index (κ1) is 18.5. The monoisotopic (exact) mass is 390 g/mol. The maximum absolute atomic E-state index is 13.4. The highest BCUT2D eigenvalue weighted by Gasteiger charge is 2.58. The molecule has 27 heavy (non-hydrogen) atoms. The number of ether oxygens (including phenoxy) is 2. The molecule has 0 aromatic heterocycles. The molecule has 1 unspecified atom stereocenters. The van der Waals surface area contributed by atoms with Crippen molar-refractivity contribution in [2.45, 2.75) is 61.7 Å². The lowest BCUT2D eigenvalue weighted by atomic mass is 10.00. The number of rotatable bonds is 4. The quantitative estimate of drug-likeness (QED) is 0.856. The second-order valence-corrected chi connectivity index (χ2v) is 9.68. The average molecular weight is 391 g/mol. The Labute approximate surface area is 164 Å². The van der Waals surface area contributed by atoms with Crippen molar-refractivity contribution in [2.75, 3.05) is 14.2 Å². The molecule has 4 rings (SSSR count). The zero-order valence-electron chi connectivity index (χ0n) is 16.2. The number of nitrogens with zero attached hydrogens (tertiary/aromatic N) is 1. The van der Waals surface area contributed by atoms with Gasteiger partial charge in [-0.15, -0.1) is 11.8 Å². The van der Waals surface area contributed by atoms with Crippen LogP contribution in [-0.4, -0.2) is 47.8 Å². The lowest BCUT2D eigenvalue weighted by molar-refractivity contribution is -0.126. The van der Waals surface area contributed by atoms with Gasteiger partial charge in [0, 0.05) is 16.4 Å². The highest BCUT2D eigenvalue weighted by Crippen LogP contribution is 2.58. The Morgan fingerprint density at radius 3 is 2.56 bits per heavy atom. The SMILES string of the molecule is COc1ccc2c(c1OC)C(=O)N1C2SC(C)(C)[C@H]1C(=O)NC1CCCC1. The number of carbonyl (C=O) groups excluding carboxylic acids is 2. The third-order valence-electron chi connectivity index (χ3n) is 5.85. The molecule has 1 aromatic carbocycles. The van der Waals surface area contributed by atoms with Gasteiger partial charge in [0.2, 0.25) is 5.91 Å². The molecule has 2 atom stereocenters. The Bertz CT molecular complexity index is 788. The lowest BCUT2D eigenvalue weighted by Gasteiger charge is -2.30. The molecule has 1 aliphatic carbocycles. The fourth-order valence-corrected chi connectivity index (χ4v) is 6.19.